The number of non-ortho nitro benzene ring substituents is 1. The molecule has 0 N–H and O–H groups in total. The first-order valence-corrected chi connectivity index (χ1v) is 9.55. The van der Waals surface area contributed by atoms with Crippen LogP contribution in [0.3, 0.4) is 0 Å². The number of hydrogen-bond donors (Lipinski definition) is 0. The van der Waals surface area contributed by atoms with E-state index in [0.29, 0.717) is 22.4 Å². The van der Waals surface area contributed by atoms with E-state index in [-0.39, 0.29) is 17.3 Å². The quantitative estimate of drug-likeness (QED) is 0.195. The Morgan fingerprint density at radius 3 is 2.53 bits per heavy atom. The number of nitro groups is 1. The maximum Gasteiger partial charge on any atom is 0.363 e. The number of aryl methyl sites for hydroxylation is 1. The molecule has 0 radical (unpaired) electrons. The van der Waals surface area contributed by atoms with Gasteiger partial charge in [-0.3, -0.25) is 10.1 Å². The van der Waals surface area contributed by atoms with Crippen molar-refractivity contribution in [3.63, 3.8) is 0 Å². The molecule has 0 saturated carbocycles. The number of benzene rings is 3. The van der Waals surface area contributed by atoms with Gasteiger partial charge in [-0.05, 0) is 48.9 Å². The molecule has 8 nitrogen and oxygen atoms in total. The molecule has 8 heteroatoms. The van der Waals surface area contributed by atoms with Gasteiger partial charge in [0, 0.05) is 17.7 Å². The molecule has 0 aliphatic carbocycles. The zero-order valence-electron chi connectivity index (χ0n) is 16.8. The summed E-state index contributed by atoms with van der Waals surface area (Å²) in [7, 11) is 0. The fourth-order valence-electron chi connectivity index (χ4n) is 3.01. The Morgan fingerprint density at radius 2 is 1.81 bits per heavy atom. The van der Waals surface area contributed by atoms with Crippen molar-refractivity contribution in [2.45, 2.75) is 6.92 Å². The molecule has 1 aliphatic heterocycles. The fourth-order valence-corrected chi connectivity index (χ4v) is 3.01. The minimum absolute atomic E-state index is 0.00588. The SMILES string of the molecule is Cc1cccc(C(=O)Oc2ccc(/C=C3\N=C(c4cccc([N+](=O)[O-])c4)OC3=O)cc2)c1. The molecule has 0 aromatic heterocycles. The second kappa shape index (κ2) is 8.65. The number of cyclic esters (lactones) is 1. The average molecular weight is 428 g/mol. The minimum Gasteiger partial charge on any atom is -0.423 e. The molecule has 0 atom stereocenters. The second-order valence-electron chi connectivity index (χ2n) is 6.97. The molecule has 0 spiro atoms. The standard InChI is InChI=1S/C24H16N2O6/c1-15-4-2-6-18(12-15)23(27)31-20-10-8-16(9-11-20)13-21-24(28)32-22(25-21)17-5-3-7-19(14-17)26(29)30/h2-14H,1H3/b21-13-. The van der Waals surface area contributed by atoms with Crippen LogP contribution in [0.25, 0.3) is 6.08 Å². The summed E-state index contributed by atoms with van der Waals surface area (Å²) >= 11 is 0. The number of esters is 2. The van der Waals surface area contributed by atoms with E-state index in [2.05, 4.69) is 4.99 Å². The van der Waals surface area contributed by atoms with Gasteiger partial charge in [-0.25, -0.2) is 14.6 Å². The number of carbonyl (C=O) groups excluding carboxylic acids is 2. The van der Waals surface area contributed by atoms with Crippen LogP contribution in [0.2, 0.25) is 0 Å². The number of aliphatic imine (C=N–C) groups is 1. The molecule has 0 bridgehead atoms. The van der Waals surface area contributed by atoms with Crippen molar-refractivity contribution in [1.29, 1.82) is 0 Å². The van der Waals surface area contributed by atoms with Gasteiger partial charge in [0.2, 0.25) is 5.90 Å². The molecule has 0 saturated heterocycles. The van der Waals surface area contributed by atoms with Crippen LogP contribution in [0.1, 0.15) is 27.0 Å². The molecule has 158 valence electrons. The molecule has 3 aromatic carbocycles. The lowest BCUT2D eigenvalue weighted by Gasteiger charge is -2.05. The lowest BCUT2D eigenvalue weighted by Crippen LogP contribution is -2.08. The number of rotatable bonds is 5. The van der Waals surface area contributed by atoms with Gasteiger partial charge in [0.1, 0.15) is 5.75 Å². The third-order valence-corrected chi connectivity index (χ3v) is 4.57. The molecule has 3 aromatic rings. The zero-order chi connectivity index (χ0) is 22.7. The third-order valence-electron chi connectivity index (χ3n) is 4.57. The summed E-state index contributed by atoms with van der Waals surface area (Å²) in [6.07, 6.45) is 1.51. The third kappa shape index (κ3) is 4.59. The van der Waals surface area contributed by atoms with Gasteiger partial charge >= 0.3 is 11.9 Å². The predicted octanol–water partition coefficient (Wildman–Crippen LogP) is 4.47. The molecule has 0 fully saturated rings. The van der Waals surface area contributed by atoms with Crippen LogP contribution in [0.4, 0.5) is 5.69 Å². The van der Waals surface area contributed by atoms with Crippen LogP contribution < -0.4 is 4.74 Å². The Kier molecular flexibility index (Phi) is 5.59. The molecule has 0 unspecified atom stereocenters. The highest BCUT2D eigenvalue weighted by Gasteiger charge is 2.25. The number of hydrogen-bond acceptors (Lipinski definition) is 7. The van der Waals surface area contributed by atoms with E-state index < -0.39 is 16.9 Å². The molecule has 4 rings (SSSR count). The summed E-state index contributed by atoms with van der Waals surface area (Å²) in [5.74, 6) is -0.783. The maximum atomic E-state index is 12.3. The van der Waals surface area contributed by atoms with Gasteiger partial charge in [0.15, 0.2) is 5.70 Å². The van der Waals surface area contributed by atoms with E-state index in [0.717, 1.165) is 5.56 Å². The average Bonchev–Trinajstić information content (AvgIpc) is 3.15. The number of nitro benzene ring substituents is 1. The van der Waals surface area contributed by atoms with Crippen LogP contribution in [0.15, 0.2) is 83.5 Å². The monoisotopic (exact) mass is 428 g/mol. The first-order chi connectivity index (χ1) is 15.4. The summed E-state index contributed by atoms with van der Waals surface area (Å²) in [5, 5.41) is 10.9. The van der Waals surface area contributed by atoms with Crippen molar-refractivity contribution in [3.05, 3.63) is 111 Å². The van der Waals surface area contributed by atoms with Gasteiger partial charge in [0.25, 0.3) is 5.69 Å². The van der Waals surface area contributed by atoms with Crippen LogP contribution in [0.5, 0.6) is 5.75 Å². The first-order valence-electron chi connectivity index (χ1n) is 9.55. The van der Waals surface area contributed by atoms with E-state index in [1.165, 1.54) is 24.3 Å². The number of carbonyl (C=O) groups is 2. The number of nitrogens with zero attached hydrogens (tertiary/aromatic N) is 2. The second-order valence-corrected chi connectivity index (χ2v) is 6.97. The Morgan fingerprint density at radius 1 is 1.06 bits per heavy atom. The molecule has 1 aliphatic rings. The summed E-state index contributed by atoms with van der Waals surface area (Å²) in [6, 6.07) is 19.3. The highest BCUT2D eigenvalue weighted by Crippen LogP contribution is 2.23. The van der Waals surface area contributed by atoms with Crippen molar-refractivity contribution in [1.82, 2.24) is 0 Å². The Hall–Kier alpha value is -4.59. The van der Waals surface area contributed by atoms with Gasteiger partial charge < -0.3 is 9.47 Å². The summed E-state index contributed by atoms with van der Waals surface area (Å²) in [4.78, 5) is 39.0. The van der Waals surface area contributed by atoms with Crippen LogP contribution >= 0.6 is 0 Å². The zero-order valence-corrected chi connectivity index (χ0v) is 16.8. The van der Waals surface area contributed by atoms with Gasteiger partial charge in [-0.2, -0.15) is 0 Å². The van der Waals surface area contributed by atoms with E-state index in [9.17, 15) is 19.7 Å². The Bertz CT molecular complexity index is 1290. The van der Waals surface area contributed by atoms with Crippen molar-refractivity contribution in [3.8, 4) is 5.75 Å². The highest BCUT2D eigenvalue weighted by molar-refractivity contribution is 6.13. The predicted molar refractivity (Wildman–Crippen MR) is 116 cm³/mol. The number of ether oxygens (including phenoxy) is 2. The molecular formula is C24H16N2O6. The van der Waals surface area contributed by atoms with Gasteiger partial charge in [-0.15, -0.1) is 0 Å². The minimum atomic E-state index is -0.665. The lowest BCUT2D eigenvalue weighted by atomic mass is 10.1. The van der Waals surface area contributed by atoms with E-state index >= 15 is 0 Å². The lowest BCUT2D eigenvalue weighted by molar-refractivity contribution is -0.384. The van der Waals surface area contributed by atoms with Crippen molar-refractivity contribution < 1.29 is 24.0 Å². The van der Waals surface area contributed by atoms with Crippen molar-refractivity contribution in [2.75, 3.05) is 0 Å². The summed E-state index contributed by atoms with van der Waals surface area (Å²) < 4.78 is 10.5. The highest BCUT2D eigenvalue weighted by atomic mass is 16.6. The van der Waals surface area contributed by atoms with Gasteiger partial charge in [0.05, 0.1) is 10.5 Å². The van der Waals surface area contributed by atoms with Crippen LogP contribution in [0, 0.1) is 17.0 Å². The van der Waals surface area contributed by atoms with E-state index in [1.807, 2.05) is 13.0 Å². The summed E-state index contributed by atoms with van der Waals surface area (Å²) in [5.41, 5.74) is 2.29. The smallest absolute Gasteiger partial charge is 0.363 e. The van der Waals surface area contributed by atoms with E-state index in [1.54, 1.807) is 48.5 Å². The van der Waals surface area contributed by atoms with E-state index in [4.69, 9.17) is 9.47 Å². The molecule has 0 amide bonds. The topological polar surface area (TPSA) is 108 Å². The largest absolute Gasteiger partial charge is 0.423 e. The molecular weight excluding hydrogens is 412 g/mol. The van der Waals surface area contributed by atoms with Gasteiger partial charge in [-0.1, -0.05) is 35.9 Å². The normalized spacial score (nSPS) is 14.1. The fraction of sp³-hybridized carbons (Fsp3) is 0.0417. The molecule has 32 heavy (non-hydrogen) atoms. The Balaban J connectivity index is 1.50. The maximum absolute atomic E-state index is 12.3. The van der Waals surface area contributed by atoms with Crippen LogP contribution in [-0.4, -0.2) is 22.8 Å². The Labute approximate surface area is 182 Å². The van der Waals surface area contributed by atoms with Crippen molar-refractivity contribution in [2.24, 2.45) is 4.99 Å². The van der Waals surface area contributed by atoms with Crippen molar-refractivity contribution >= 4 is 29.6 Å². The van der Waals surface area contributed by atoms with Crippen LogP contribution in [-0.2, 0) is 9.53 Å². The summed E-state index contributed by atoms with van der Waals surface area (Å²) in [6.45, 7) is 1.89. The molecule has 1 heterocycles. The first kappa shape index (κ1) is 20.7.